The minimum atomic E-state index is 0.737. The number of benzene rings is 2. The lowest BCUT2D eigenvalue weighted by Gasteiger charge is -2.07. The molecule has 0 bridgehead atoms. The molecular formula is C18H14N4S. The van der Waals surface area contributed by atoms with Crippen LogP contribution >= 0.6 is 11.3 Å². The zero-order valence-electron chi connectivity index (χ0n) is 12.5. The highest BCUT2D eigenvalue weighted by Crippen LogP contribution is 2.24. The van der Waals surface area contributed by atoms with E-state index in [2.05, 4.69) is 37.8 Å². The van der Waals surface area contributed by atoms with E-state index in [0.29, 0.717) is 0 Å². The maximum atomic E-state index is 4.57. The second-order valence-corrected chi connectivity index (χ2v) is 6.26. The Morgan fingerprint density at radius 1 is 0.913 bits per heavy atom. The highest BCUT2D eigenvalue weighted by Gasteiger charge is 2.03. The van der Waals surface area contributed by atoms with Crippen LogP contribution in [0.25, 0.3) is 22.3 Å². The standard InChI is InChI=1S/C18H14N4S/c1-12-20-17(11-23-12)13-6-8-14(9-7-13)21-18-10-19-15-4-2-3-5-16(15)22-18/h2-11H,1H3,(H,21,22). The Morgan fingerprint density at radius 3 is 2.43 bits per heavy atom. The number of nitrogens with zero attached hydrogens (tertiary/aromatic N) is 3. The monoisotopic (exact) mass is 318 g/mol. The van der Waals surface area contributed by atoms with Gasteiger partial charge >= 0.3 is 0 Å². The van der Waals surface area contributed by atoms with Crippen LogP contribution in [0, 0.1) is 6.92 Å². The highest BCUT2D eigenvalue weighted by atomic mass is 32.1. The van der Waals surface area contributed by atoms with Crippen LogP contribution in [-0.2, 0) is 0 Å². The Balaban J connectivity index is 1.58. The van der Waals surface area contributed by atoms with Crippen LogP contribution in [0.3, 0.4) is 0 Å². The van der Waals surface area contributed by atoms with Crippen LogP contribution < -0.4 is 5.32 Å². The summed E-state index contributed by atoms with van der Waals surface area (Å²) in [6, 6.07) is 16.0. The average molecular weight is 318 g/mol. The summed E-state index contributed by atoms with van der Waals surface area (Å²) >= 11 is 1.66. The molecule has 0 saturated heterocycles. The van der Waals surface area contributed by atoms with Crippen LogP contribution in [-0.4, -0.2) is 15.0 Å². The van der Waals surface area contributed by atoms with Gasteiger partial charge in [-0.2, -0.15) is 0 Å². The largest absolute Gasteiger partial charge is 0.339 e. The van der Waals surface area contributed by atoms with Crippen LogP contribution in [0.4, 0.5) is 11.5 Å². The van der Waals surface area contributed by atoms with Gasteiger partial charge in [-0.1, -0.05) is 24.3 Å². The number of anilines is 2. The fraction of sp³-hybridized carbons (Fsp3) is 0.0556. The summed E-state index contributed by atoms with van der Waals surface area (Å²) < 4.78 is 0. The Labute approximate surface area is 137 Å². The van der Waals surface area contributed by atoms with E-state index in [1.807, 2.05) is 43.3 Å². The number of rotatable bonds is 3. The van der Waals surface area contributed by atoms with Gasteiger partial charge < -0.3 is 5.32 Å². The first-order chi connectivity index (χ1) is 11.3. The molecule has 0 spiro atoms. The summed E-state index contributed by atoms with van der Waals surface area (Å²) in [4.78, 5) is 13.5. The van der Waals surface area contributed by atoms with E-state index in [0.717, 1.165) is 38.8 Å². The van der Waals surface area contributed by atoms with E-state index < -0.39 is 0 Å². The number of hydrogen-bond donors (Lipinski definition) is 1. The van der Waals surface area contributed by atoms with Crippen molar-refractivity contribution in [2.45, 2.75) is 6.92 Å². The summed E-state index contributed by atoms with van der Waals surface area (Å²) in [5.41, 5.74) is 4.89. The van der Waals surface area contributed by atoms with Crippen molar-refractivity contribution in [3.8, 4) is 11.3 Å². The molecule has 1 N–H and O–H groups in total. The molecule has 0 unspecified atom stereocenters. The Hall–Kier alpha value is -2.79. The molecule has 0 radical (unpaired) electrons. The van der Waals surface area contributed by atoms with E-state index in [4.69, 9.17) is 0 Å². The third-order valence-electron chi connectivity index (χ3n) is 3.52. The summed E-state index contributed by atoms with van der Waals surface area (Å²) in [5.74, 6) is 0.737. The van der Waals surface area contributed by atoms with E-state index in [9.17, 15) is 0 Å². The molecule has 0 atom stereocenters. The van der Waals surface area contributed by atoms with Crippen molar-refractivity contribution in [1.82, 2.24) is 15.0 Å². The molecule has 112 valence electrons. The molecule has 4 aromatic rings. The van der Waals surface area contributed by atoms with Gasteiger partial charge in [-0.25, -0.2) is 9.97 Å². The SMILES string of the molecule is Cc1nc(-c2ccc(Nc3cnc4ccccc4n3)cc2)cs1. The Morgan fingerprint density at radius 2 is 1.70 bits per heavy atom. The summed E-state index contributed by atoms with van der Waals surface area (Å²) in [5, 5.41) is 6.44. The summed E-state index contributed by atoms with van der Waals surface area (Å²) in [7, 11) is 0. The smallest absolute Gasteiger partial charge is 0.149 e. The highest BCUT2D eigenvalue weighted by molar-refractivity contribution is 7.09. The first-order valence-corrected chi connectivity index (χ1v) is 8.17. The quantitative estimate of drug-likeness (QED) is 0.589. The van der Waals surface area contributed by atoms with Crippen LogP contribution in [0.15, 0.2) is 60.1 Å². The van der Waals surface area contributed by atoms with E-state index in [-0.39, 0.29) is 0 Å². The van der Waals surface area contributed by atoms with Crippen LogP contribution in [0.1, 0.15) is 5.01 Å². The van der Waals surface area contributed by atoms with Gasteiger partial charge in [0, 0.05) is 16.6 Å². The van der Waals surface area contributed by atoms with Crippen molar-refractivity contribution >= 4 is 33.9 Å². The number of aromatic nitrogens is 3. The molecule has 0 saturated carbocycles. The molecule has 23 heavy (non-hydrogen) atoms. The number of para-hydroxylation sites is 2. The predicted octanol–water partition coefficient (Wildman–Crippen LogP) is 4.81. The molecule has 0 aliphatic rings. The molecule has 0 aliphatic heterocycles. The van der Waals surface area contributed by atoms with Gasteiger partial charge in [0.15, 0.2) is 0 Å². The number of hydrogen-bond acceptors (Lipinski definition) is 5. The topological polar surface area (TPSA) is 50.7 Å². The third-order valence-corrected chi connectivity index (χ3v) is 4.29. The van der Waals surface area contributed by atoms with Crippen molar-refractivity contribution in [3.05, 3.63) is 65.1 Å². The van der Waals surface area contributed by atoms with Gasteiger partial charge in [-0.3, -0.25) is 4.98 Å². The maximum Gasteiger partial charge on any atom is 0.149 e. The van der Waals surface area contributed by atoms with Gasteiger partial charge in [-0.05, 0) is 31.2 Å². The Kier molecular flexibility index (Phi) is 3.48. The van der Waals surface area contributed by atoms with E-state index in [1.165, 1.54) is 0 Å². The molecule has 2 aromatic heterocycles. The predicted molar refractivity (Wildman–Crippen MR) is 95.1 cm³/mol. The zero-order chi connectivity index (χ0) is 15.6. The van der Waals surface area contributed by atoms with Gasteiger partial charge in [0.25, 0.3) is 0 Å². The fourth-order valence-electron chi connectivity index (χ4n) is 2.39. The van der Waals surface area contributed by atoms with E-state index in [1.54, 1.807) is 17.5 Å². The molecule has 0 aliphatic carbocycles. The molecule has 5 heteroatoms. The molecule has 2 heterocycles. The number of fused-ring (bicyclic) bond motifs is 1. The molecule has 2 aromatic carbocycles. The molecule has 4 nitrogen and oxygen atoms in total. The summed E-state index contributed by atoms with van der Waals surface area (Å²) in [6.45, 7) is 2.02. The normalized spacial score (nSPS) is 10.8. The lowest BCUT2D eigenvalue weighted by molar-refractivity contribution is 1.28. The maximum absolute atomic E-state index is 4.57. The van der Waals surface area contributed by atoms with Crippen molar-refractivity contribution < 1.29 is 0 Å². The first kappa shape index (κ1) is 13.8. The Bertz CT molecular complexity index is 960. The molecule has 0 fully saturated rings. The van der Waals surface area contributed by atoms with Crippen molar-refractivity contribution in [2.24, 2.45) is 0 Å². The van der Waals surface area contributed by atoms with E-state index >= 15 is 0 Å². The third kappa shape index (κ3) is 2.91. The average Bonchev–Trinajstić information content (AvgIpc) is 3.02. The fourth-order valence-corrected chi connectivity index (χ4v) is 3.01. The van der Waals surface area contributed by atoms with Crippen molar-refractivity contribution in [3.63, 3.8) is 0 Å². The second-order valence-electron chi connectivity index (χ2n) is 5.20. The number of thiazole rings is 1. The van der Waals surface area contributed by atoms with Crippen molar-refractivity contribution in [1.29, 1.82) is 0 Å². The minimum Gasteiger partial charge on any atom is -0.339 e. The zero-order valence-corrected chi connectivity index (χ0v) is 13.3. The lowest BCUT2D eigenvalue weighted by Crippen LogP contribution is -1.95. The second kappa shape index (κ2) is 5.78. The molecular weight excluding hydrogens is 304 g/mol. The van der Waals surface area contributed by atoms with Crippen LogP contribution in [0.5, 0.6) is 0 Å². The van der Waals surface area contributed by atoms with Crippen LogP contribution in [0.2, 0.25) is 0 Å². The molecule has 4 rings (SSSR count). The summed E-state index contributed by atoms with van der Waals surface area (Å²) in [6.07, 6.45) is 1.75. The van der Waals surface area contributed by atoms with Gasteiger partial charge in [0.2, 0.25) is 0 Å². The van der Waals surface area contributed by atoms with Gasteiger partial charge in [0.05, 0.1) is 27.9 Å². The minimum absolute atomic E-state index is 0.737. The molecule has 0 amide bonds. The van der Waals surface area contributed by atoms with Gasteiger partial charge in [0.1, 0.15) is 5.82 Å². The van der Waals surface area contributed by atoms with Crippen molar-refractivity contribution in [2.75, 3.05) is 5.32 Å². The number of aryl methyl sites for hydroxylation is 1. The van der Waals surface area contributed by atoms with Gasteiger partial charge in [-0.15, -0.1) is 11.3 Å². The lowest BCUT2D eigenvalue weighted by atomic mass is 10.1. The number of nitrogens with one attached hydrogen (secondary N) is 1. The first-order valence-electron chi connectivity index (χ1n) is 7.29.